The monoisotopic (exact) mass is 418 g/mol. The molecule has 0 spiro atoms. The normalized spacial score (nSPS) is 13.4. The van der Waals surface area contributed by atoms with Crippen LogP contribution in [0.4, 0.5) is 5.69 Å². The molecule has 5 rings (SSSR count). The predicted molar refractivity (Wildman–Crippen MR) is 118 cm³/mol. The summed E-state index contributed by atoms with van der Waals surface area (Å²) in [5.41, 5.74) is 5.55. The van der Waals surface area contributed by atoms with Crippen LogP contribution < -0.4 is 10.1 Å². The molecule has 158 valence electrons. The third kappa shape index (κ3) is 2.78. The number of nitrogens with one attached hydrogen (secondary N) is 1. The summed E-state index contributed by atoms with van der Waals surface area (Å²) in [5.74, 6) is 0.820. The minimum Gasteiger partial charge on any atom is -0.494 e. The summed E-state index contributed by atoms with van der Waals surface area (Å²) in [6.45, 7) is 2.54. The fourth-order valence-electron chi connectivity index (χ4n) is 4.38. The largest absolute Gasteiger partial charge is 0.494 e. The van der Waals surface area contributed by atoms with E-state index in [1.165, 1.54) is 7.11 Å². The van der Waals surface area contributed by atoms with Gasteiger partial charge in [-0.25, -0.2) is 9.78 Å². The van der Waals surface area contributed by atoms with E-state index in [1.54, 1.807) is 19.2 Å². The second-order valence-corrected chi connectivity index (χ2v) is 7.71. The van der Waals surface area contributed by atoms with Crippen LogP contribution in [0.25, 0.3) is 33.5 Å². The van der Waals surface area contributed by atoms with Gasteiger partial charge in [-0.1, -0.05) is 12.1 Å². The van der Waals surface area contributed by atoms with Gasteiger partial charge in [-0.15, -0.1) is 0 Å². The lowest BCUT2D eigenvalue weighted by molar-refractivity contribution is -0.116. The number of imidazole rings is 1. The van der Waals surface area contributed by atoms with Crippen molar-refractivity contribution in [3.63, 3.8) is 0 Å². The first kappa shape index (κ1) is 19.2. The molecule has 3 heterocycles. The molecule has 0 radical (unpaired) electrons. The zero-order valence-corrected chi connectivity index (χ0v) is 17.8. The highest BCUT2D eigenvalue weighted by molar-refractivity contribution is 6.05. The molecule has 0 saturated heterocycles. The molecule has 1 amide bonds. The maximum Gasteiger partial charge on any atom is 0.338 e. The Morgan fingerprint density at radius 2 is 1.97 bits per heavy atom. The number of methoxy groups -OCH3 is 2. The molecule has 0 atom stereocenters. The summed E-state index contributed by atoms with van der Waals surface area (Å²) in [6, 6.07) is 9.53. The predicted octanol–water partition coefficient (Wildman–Crippen LogP) is 3.64. The van der Waals surface area contributed by atoms with Crippen molar-refractivity contribution in [2.24, 2.45) is 7.05 Å². The molecule has 31 heavy (non-hydrogen) atoms. The Morgan fingerprint density at radius 3 is 2.71 bits per heavy atom. The Morgan fingerprint density at radius 1 is 1.16 bits per heavy atom. The van der Waals surface area contributed by atoms with Crippen molar-refractivity contribution in [1.82, 2.24) is 14.1 Å². The molecule has 2 aromatic heterocycles. The molecule has 4 aromatic rings. The fraction of sp³-hybridized carbons (Fsp3) is 0.261. The van der Waals surface area contributed by atoms with Gasteiger partial charge >= 0.3 is 5.97 Å². The average molecular weight is 418 g/mol. The number of aryl methyl sites for hydroxylation is 3. The van der Waals surface area contributed by atoms with Crippen LogP contribution in [0.3, 0.4) is 0 Å². The Hall–Kier alpha value is -3.81. The first-order valence-corrected chi connectivity index (χ1v) is 9.98. The van der Waals surface area contributed by atoms with Crippen molar-refractivity contribution in [3.05, 3.63) is 41.5 Å². The van der Waals surface area contributed by atoms with Gasteiger partial charge in [0.25, 0.3) is 0 Å². The number of nitrogens with zero attached hydrogens (tertiary/aromatic N) is 3. The van der Waals surface area contributed by atoms with Crippen LogP contribution in [0.15, 0.2) is 30.3 Å². The van der Waals surface area contributed by atoms with E-state index in [2.05, 4.69) is 22.0 Å². The molecule has 1 N–H and O–H groups in total. The SMILES string of the molecule is COC(=O)c1cc(OC)c2c(c1)nc(-c1cc3ccc(C)c4c3n1CCC(=O)N4)n2C. The summed E-state index contributed by atoms with van der Waals surface area (Å²) in [7, 11) is 4.83. The van der Waals surface area contributed by atoms with Gasteiger partial charge < -0.3 is 23.9 Å². The minimum absolute atomic E-state index is 0.000333. The van der Waals surface area contributed by atoms with Gasteiger partial charge in [0.05, 0.1) is 42.2 Å². The lowest BCUT2D eigenvalue weighted by Gasteiger charge is -2.10. The van der Waals surface area contributed by atoms with Gasteiger partial charge in [0.2, 0.25) is 5.91 Å². The Balaban J connectivity index is 1.80. The minimum atomic E-state index is -0.447. The highest BCUT2D eigenvalue weighted by Gasteiger charge is 2.24. The first-order chi connectivity index (χ1) is 14.9. The number of rotatable bonds is 3. The van der Waals surface area contributed by atoms with Gasteiger partial charge in [-0.2, -0.15) is 0 Å². The Labute approximate surface area is 178 Å². The standard InChI is InChI=1S/C23H22N4O4/c1-12-5-6-13-10-16(27-8-7-18(28)25-19(12)20(13)27)22-24-15-9-14(23(29)31-4)11-17(30-3)21(15)26(22)2/h5-6,9-11H,7-8H2,1-4H3,(H,25,28). The van der Waals surface area contributed by atoms with E-state index < -0.39 is 5.97 Å². The molecule has 1 aliphatic heterocycles. The van der Waals surface area contributed by atoms with E-state index in [0.29, 0.717) is 29.8 Å². The van der Waals surface area contributed by atoms with E-state index >= 15 is 0 Å². The molecule has 1 aliphatic rings. The van der Waals surface area contributed by atoms with Gasteiger partial charge in [0.1, 0.15) is 11.3 Å². The molecule has 0 bridgehead atoms. The Bertz CT molecular complexity index is 1400. The lowest BCUT2D eigenvalue weighted by Crippen LogP contribution is -2.11. The number of esters is 1. The van der Waals surface area contributed by atoms with Crippen LogP contribution in [0.1, 0.15) is 22.3 Å². The van der Waals surface area contributed by atoms with Crippen LogP contribution in [0.2, 0.25) is 0 Å². The number of hydrogen-bond acceptors (Lipinski definition) is 5. The zero-order valence-electron chi connectivity index (χ0n) is 17.8. The van der Waals surface area contributed by atoms with Crippen LogP contribution in [-0.4, -0.2) is 40.2 Å². The van der Waals surface area contributed by atoms with Gasteiger partial charge in [0, 0.05) is 25.4 Å². The van der Waals surface area contributed by atoms with Crippen LogP contribution in [-0.2, 0) is 23.1 Å². The average Bonchev–Trinajstić information content (AvgIpc) is 3.24. The van der Waals surface area contributed by atoms with Crippen molar-refractivity contribution in [1.29, 1.82) is 0 Å². The number of benzene rings is 2. The number of amides is 1. The smallest absolute Gasteiger partial charge is 0.338 e. The summed E-state index contributed by atoms with van der Waals surface area (Å²) in [4.78, 5) is 29.2. The summed E-state index contributed by atoms with van der Waals surface area (Å²) >= 11 is 0. The fourth-order valence-corrected chi connectivity index (χ4v) is 4.38. The summed E-state index contributed by atoms with van der Waals surface area (Å²) in [5, 5.41) is 4.08. The summed E-state index contributed by atoms with van der Waals surface area (Å²) < 4.78 is 14.5. The molecule has 0 aliphatic carbocycles. The lowest BCUT2D eigenvalue weighted by atomic mass is 10.1. The van der Waals surface area contributed by atoms with Crippen molar-refractivity contribution in [2.75, 3.05) is 19.5 Å². The second kappa shape index (κ2) is 6.87. The van der Waals surface area contributed by atoms with E-state index in [9.17, 15) is 9.59 Å². The van der Waals surface area contributed by atoms with E-state index in [-0.39, 0.29) is 5.91 Å². The van der Waals surface area contributed by atoms with Crippen molar-refractivity contribution < 1.29 is 19.1 Å². The van der Waals surface area contributed by atoms with Gasteiger partial charge in [0.15, 0.2) is 5.82 Å². The number of hydrogen-bond donors (Lipinski definition) is 1. The van der Waals surface area contributed by atoms with Crippen molar-refractivity contribution in [2.45, 2.75) is 19.9 Å². The molecule has 2 aromatic carbocycles. The molecule has 8 nitrogen and oxygen atoms in total. The first-order valence-electron chi connectivity index (χ1n) is 9.98. The number of fused-ring (bicyclic) bond motifs is 1. The second-order valence-electron chi connectivity index (χ2n) is 7.71. The van der Waals surface area contributed by atoms with Crippen LogP contribution in [0, 0.1) is 6.92 Å². The van der Waals surface area contributed by atoms with Crippen molar-refractivity contribution in [3.8, 4) is 17.3 Å². The molecule has 0 unspecified atom stereocenters. The number of carbonyl (C=O) groups is 2. The molecular formula is C23H22N4O4. The van der Waals surface area contributed by atoms with Crippen LogP contribution >= 0.6 is 0 Å². The van der Waals surface area contributed by atoms with Crippen LogP contribution in [0.5, 0.6) is 5.75 Å². The quantitative estimate of drug-likeness (QED) is 0.513. The highest BCUT2D eigenvalue weighted by atomic mass is 16.5. The zero-order chi connectivity index (χ0) is 21.9. The third-order valence-electron chi connectivity index (χ3n) is 5.90. The van der Waals surface area contributed by atoms with E-state index in [4.69, 9.17) is 14.5 Å². The third-order valence-corrected chi connectivity index (χ3v) is 5.90. The maximum atomic E-state index is 12.3. The van der Waals surface area contributed by atoms with Crippen molar-refractivity contribution >= 4 is 39.5 Å². The topological polar surface area (TPSA) is 87.4 Å². The molecule has 0 saturated carbocycles. The number of aromatic nitrogens is 3. The highest BCUT2D eigenvalue weighted by Crippen LogP contribution is 2.38. The van der Waals surface area contributed by atoms with Gasteiger partial charge in [-0.3, -0.25) is 4.79 Å². The number of ether oxygens (including phenoxy) is 2. The maximum absolute atomic E-state index is 12.3. The van der Waals surface area contributed by atoms with E-state index in [1.807, 2.05) is 24.6 Å². The molecular weight excluding hydrogens is 396 g/mol. The summed E-state index contributed by atoms with van der Waals surface area (Å²) in [6.07, 6.45) is 0.380. The number of anilines is 1. The molecule has 0 fully saturated rings. The Kier molecular flexibility index (Phi) is 4.25. The molecule has 8 heteroatoms. The van der Waals surface area contributed by atoms with E-state index in [0.717, 1.165) is 39.2 Å². The van der Waals surface area contributed by atoms with Gasteiger partial charge in [-0.05, 0) is 30.7 Å². The number of carbonyl (C=O) groups excluding carboxylic acids is 2.